The molecule has 0 radical (unpaired) electrons. The quantitative estimate of drug-likeness (QED) is 0.559. The highest BCUT2D eigenvalue weighted by atomic mass is 35.5. The summed E-state index contributed by atoms with van der Waals surface area (Å²) in [6.07, 6.45) is 3.31. The first-order valence-corrected chi connectivity index (χ1v) is 7.91. The van der Waals surface area contributed by atoms with Gasteiger partial charge >= 0.3 is 0 Å². The fourth-order valence-corrected chi connectivity index (χ4v) is 2.87. The van der Waals surface area contributed by atoms with Gasteiger partial charge in [0.15, 0.2) is 5.13 Å². The molecule has 2 aromatic heterocycles. The number of halogens is 1. The minimum Gasteiger partial charge on any atom is -0.298 e. The van der Waals surface area contributed by atoms with Crippen LogP contribution in [0.3, 0.4) is 0 Å². The van der Waals surface area contributed by atoms with E-state index in [0.717, 1.165) is 11.6 Å². The number of thiazole rings is 1. The van der Waals surface area contributed by atoms with E-state index in [1.807, 2.05) is 6.07 Å². The smallest absolute Gasteiger partial charge is 0.283 e. The topological polar surface area (TPSA) is 98.0 Å². The maximum absolute atomic E-state index is 12.3. The van der Waals surface area contributed by atoms with Crippen LogP contribution in [0.4, 0.5) is 10.8 Å². The number of hydrogen-bond donors (Lipinski definition) is 1. The lowest BCUT2D eigenvalue weighted by Gasteiger charge is -2.03. The molecule has 1 aromatic carbocycles. The number of carbonyl (C=O) groups excluding carboxylic acids is 1. The standard InChI is InChI=1S/C15H9ClN4O3S/c16-10-3-4-11(13(6-10)20(22)23)14(21)19-15-18-12(8-24-15)9-2-1-5-17-7-9/h1-8H,(H,18,19,21). The fraction of sp³-hybridized carbons (Fsp3) is 0. The van der Waals surface area contributed by atoms with Crippen molar-refractivity contribution in [2.45, 2.75) is 0 Å². The summed E-state index contributed by atoms with van der Waals surface area (Å²) in [5.74, 6) is -0.620. The number of nitro benzene ring substituents is 1. The normalized spacial score (nSPS) is 10.4. The third-order valence-electron chi connectivity index (χ3n) is 3.08. The number of carbonyl (C=O) groups is 1. The Morgan fingerprint density at radius 2 is 2.17 bits per heavy atom. The summed E-state index contributed by atoms with van der Waals surface area (Å²) in [5, 5.41) is 15.9. The lowest BCUT2D eigenvalue weighted by atomic mass is 10.1. The summed E-state index contributed by atoms with van der Waals surface area (Å²) in [6.45, 7) is 0. The second-order valence-corrected chi connectivity index (χ2v) is 5.95. The van der Waals surface area contributed by atoms with Gasteiger partial charge in [0.2, 0.25) is 0 Å². The molecule has 9 heteroatoms. The van der Waals surface area contributed by atoms with Crippen LogP contribution < -0.4 is 5.32 Å². The molecule has 0 saturated carbocycles. The molecule has 3 rings (SSSR count). The van der Waals surface area contributed by atoms with Crippen molar-refractivity contribution in [1.82, 2.24) is 9.97 Å². The van der Waals surface area contributed by atoms with Crippen molar-refractivity contribution in [3.05, 3.63) is 68.8 Å². The molecule has 3 aromatic rings. The molecular weight excluding hydrogens is 352 g/mol. The van der Waals surface area contributed by atoms with Crippen LogP contribution in [-0.4, -0.2) is 20.8 Å². The second kappa shape index (κ2) is 6.73. The summed E-state index contributed by atoms with van der Waals surface area (Å²) in [6, 6.07) is 7.50. The number of nitrogens with zero attached hydrogens (tertiary/aromatic N) is 3. The van der Waals surface area contributed by atoms with E-state index in [-0.39, 0.29) is 16.3 Å². The third-order valence-corrected chi connectivity index (χ3v) is 4.08. The Morgan fingerprint density at radius 3 is 2.88 bits per heavy atom. The number of anilines is 1. The van der Waals surface area contributed by atoms with Gasteiger partial charge in [-0.05, 0) is 24.3 Å². The van der Waals surface area contributed by atoms with Gasteiger partial charge in [0.05, 0.1) is 10.6 Å². The molecular formula is C15H9ClN4O3S. The van der Waals surface area contributed by atoms with Crippen LogP contribution >= 0.6 is 22.9 Å². The maximum Gasteiger partial charge on any atom is 0.283 e. The zero-order valence-electron chi connectivity index (χ0n) is 12.0. The highest BCUT2D eigenvalue weighted by Crippen LogP contribution is 2.27. The number of benzene rings is 1. The Labute approximate surface area is 145 Å². The van der Waals surface area contributed by atoms with Gasteiger partial charge in [-0.3, -0.25) is 25.2 Å². The highest BCUT2D eigenvalue weighted by molar-refractivity contribution is 7.14. The van der Waals surface area contributed by atoms with Crippen LogP contribution in [0.1, 0.15) is 10.4 Å². The van der Waals surface area contributed by atoms with Gasteiger partial charge in [0.1, 0.15) is 5.56 Å². The fourth-order valence-electron chi connectivity index (χ4n) is 1.99. The minimum absolute atomic E-state index is 0.0810. The zero-order chi connectivity index (χ0) is 17.1. The average molecular weight is 361 g/mol. The Bertz CT molecular complexity index is 914. The average Bonchev–Trinajstić information content (AvgIpc) is 3.04. The number of nitro groups is 1. The van der Waals surface area contributed by atoms with Crippen molar-refractivity contribution in [3.63, 3.8) is 0 Å². The number of nitrogens with one attached hydrogen (secondary N) is 1. The first-order chi connectivity index (χ1) is 11.5. The van der Waals surface area contributed by atoms with E-state index in [0.29, 0.717) is 10.8 Å². The SMILES string of the molecule is O=C(Nc1nc(-c2cccnc2)cs1)c1ccc(Cl)cc1[N+](=O)[O-]. The summed E-state index contributed by atoms with van der Waals surface area (Å²) < 4.78 is 0. The van der Waals surface area contributed by atoms with Gasteiger partial charge in [0.25, 0.3) is 11.6 Å². The third kappa shape index (κ3) is 3.39. The van der Waals surface area contributed by atoms with Gasteiger partial charge in [0, 0.05) is 34.4 Å². The van der Waals surface area contributed by atoms with Gasteiger partial charge < -0.3 is 0 Å². The maximum atomic E-state index is 12.3. The predicted octanol–water partition coefficient (Wildman–Crippen LogP) is 4.02. The second-order valence-electron chi connectivity index (χ2n) is 4.65. The van der Waals surface area contributed by atoms with Gasteiger partial charge in [-0.2, -0.15) is 0 Å². The van der Waals surface area contributed by atoms with E-state index in [4.69, 9.17) is 11.6 Å². The molecule has 7 nitrogen and oxygen atoms in total. The predicted molar refractivity (Wildman–Crippen MR) is 91.4 cm³/mol. The molecule has 0 spiro atoms. The number of amides is 1. The molecule has 0 aliphatic heterocycles. The molecule has 0 fully saturated rings. The molecule has 0 aliphatic carbocycles. The molecule has 120 valence electrons. The Balaban J connectivity index is 1.84. The van der Waals surface area contributed by atoms with Crippen molar-refractivity contribution in [2.75, 3.05) is 5.32 Å². The number of hydrogen-bond acceptors (Lipinski definition) is 6. The number of aromatic nitrogens is 2. The van der Waals surface area contributed by atoms with Crippen LogP contribution in [0, 0.1) is 10.1 Å². The Hall–Kier alpha value is -2.84. The summed E-state index contributed by atoms with van der Waals surface area (Å²) in [4.78, 5) is 31.0. The molecule has 1 amide bonds. The van der Waals surface area contributed by atoms with Crippen molar-refractivity contribution in [1.29, 1.82) is 0 Å². The van der Waals surface area contributed by atoms with Crippen LogP contribution in [0.15, 0.2) is 48.1 Å². The van der Waals surface area contributed by atoms with E-state index in [1.54, 1.807) is 23.8 Å². The van der Waals surface area contributed by atoms with Crippen molar-refractivity contribution in [3.8, 4) is 11.3 Å². The minimum atomic E-state index is -0.649. The summed E-state index contributed by atoms with van der Waals surface area (Å²) in [5.41, 5.74) is 1.03. The van der Waals surface area contributed by atoms with Crippen molar-refractivity contribution >= 4 is 39.7 Å². The van der Waals surface area contributed by atoms with E-state index >= 15 is 0 Å². The molecule has 24 heavy (non-hydrogen) atoms. The lowest BCUT2D eigenvalue weighted by Crippen LogP contribution is -2.13. The van der Waals surface area contributed by atoms with Crippen molar-refractivity contribution in [2.24, 2.45) is 0 Å². The largest absolute Gasteiger partial charge is 0.298 e. The van der Waals surface area contributed by atoms with Crippen LogP contribution in [-0.2, 0) is 0 Å². The molecule has 0 atom stereocenters. The van der Waals surface area contributed by atoms with Gasteiger partial charge in [-0.25, -0.2) is 4.98 Å². The molecule has 0 bridgehead atoms. The number of pyridine rings is 1. The lowest BCUT2D eigenvalue weighted by molar-refractivity contribution is -0.385. The first-order valence-electron chi connectivity index (χ1n) is 6.66. The summed E-state index contributed by atoms with van der Waals surface area (Å²) in [7, 11) is 0. The van der Waals surface area contributed by atoms with E-state index in [9.17, 15) is 14.9 Å². The Morgan fingerprint density at radius 1 is 1.33 bits per heavy atom. The molecule has 1 N–H and O–H groups in total. The van der Waals surface area contributed by atoms with E-state index in [2.05, 4.69) is 15.3 Å². The highest BCUT2D eigenvalue weighted by Gasteiger charge is 2.21. The van der Waals surface area contributed by atoms with E-state index in [1.165, 1.54) is 23.5 Å². The van der Waals surface area contributed by atoms with Gasteiger partial charge in [-0.1, -0.05) is 11.6 Å². The molecule has 0 unspecified atom stereocenters. The monoisotopic (exact) mass is 360 g/mol. The molecule has 0 aliphatic rings. The van der Waals surface area contributed by atoms with Crippen molar-refractivity contribution < 1.29 is 9.72 Å². The summed E-state index contributed by atoms with van der Waals surface area (Å²) >= 11 is 6.96. The van der Waals surface area contributed by atoms with Crippen LogP contribution in [0.25, 0.3) is 11.3 Å². The first kappa shape index (κ1) is 16.0. The van der Waals surface area contributed by atoms with Crippen LogP contribution in [0.5, 0.6) is 0 Å². The van der Waals surface area contributed by atoms with Gasteiger partial charge in [-0.15, -0.1) is 11.3 Å². The molecule has 2 heterocycles. The molecule has 0 saturated heterocycles. The van der Waals surface area contributed by atoms with E-state index < -0.39 is 10.8 Å². The number of rotatable bonds is 4. The zero-order valence-corrected chi connectivity index (χ0v) is 13.5. The van der Waals surface area contributed by atoms with Crippen LogP contribution in [0.2, 0.25) is 5.02 Å². The Kier molecular flexibility index (Phi) is 4.50.